The van der Waals surface area contributed by atoms with E-state index in [-0.39, 0.29) is 17.4 Å². The Labute approximate surface area is 100 Å². The first kappa shape index (κ1) is 15.4. The highest BCUT2D eigenvalue weighted by Crippen LogP contribution is 2.28. The van der Waals surface area contributed by atoms with Gasteiger partial charge in [0.1, 0.15) is 0 Å². The van der Waals surface area contributed by atoms with Crippen LogP contribution in [0, 0.1) is 11.3 Å². The maximum atomic E-state index is 12.0. The van der Waals surface area contributed by atoms with Gasteiger partial charge in [0.05, 0.1) is 0 Å². The van der Waals surface area contributed by atoms with E-state index in [0.717, 1.165) is 6.42 Å². The van der Waals surface area contributed by atoms with Gasteiger partial charge in [0.2, 0.25) is 5.91 Å². The van der Waals surface area contributed by atoms with Gasteiger partial charge in [0, 0.05) is 19.5 Å². The second-order valence-corrected chi connectivity index (χ2v) is 5.90. The van der Waals surface area contributed by atoms with Crippen LogP contribution in [-0.4, -0.2) is 30.4 Å². The lowest BCUT2D eigenvalue weighted by Gasteiger charge is -2.30. The highest BCUT2D eigenvalue weighted by atomic mass is 16.2. The molecule has 0 aromatic rings. The fraction of sp³-hybridized carbons (Fsp3) is 0.923. The summed E-state index contributed by atoms with van der Waals surface area (Å²) in [5.41, 5.74) is 5.69. The zero-order valence-corrected chi connectivity index (χ0v) is 11.7. The molecular weight excluding hydrogens is 200 g/mol. The van der Waals surface area contributed by atoms with Crippen molar-refractivity contribution in [3.05, 3.63) is 0 Å². The topological polar surface area (TPSA) is 46.3 Å². The summed E-state index contributed by atoms with van der Waals surface area (Å²) in [4.78, 5) is 13.8. The van der Waals surface area contributed by atoms with Crippen LogP contribution >= 0.6 is 0 Å². The van der Waals surface area contributed by atoms with E-state index in [0.29, 0.717) is 18.9 Å². The van der Waals surface area contributed by atoms with Gasteiger partial charge in [0.25, 0.3) is 0 Å². The van der Waals surface area contributed by atoms with Crippen LogP contribution in [0.4, 0.5) is 0 Å². The second kappa shape index (κ2) is 6.24. The van der Waals surface area contributed by atoms with Crippen molar-refractivity contribution in [2.24, 2.45) is 17.1 Å². The summed E-state index contributed by atoms with van der Waals surface area (Å²) in [5, 5.41) is 0. The third-order valence-corrected chi connectivity index (χ3v) is 3.60. The first-order valence-electron chi connectivity index (χ1n) is 6.15. The molecule has 2 N–H and O–H groups in total. The smallest absolute Gasteiger partial charge is 0.222 e. The van der Waals surface area contributed by atoms with E-state index in [4.69, 9.17) is 5.73 Å². The Morgan fingerprint density at radius 2 is 1.81 bits per heavy atom. The molecule has 0 spiro atoms. The molecule has 0 aromatic heterocycles. The number of hydrogen-bond acceptors (Lipinski definition) is 2. The highest BCUT2D eigenvalue weighted by Gasteiger charge is 2.25. The molecule has 1 amide bonds. The maximum Gasteiger partial charge on any atom is 0.222 e. The SMILES string of the molecule is CC(CCN)N(C)C(=O)CC(C)C(C)(C)C. The zero-order valence-electron chi connectivity index (χ0n) is 11.7. The second-order valence-electron chi connectivity index (χ2n) is 5.90. The summed E-state index contributed by atoms with van der Waals surface area (Å²) >= 11 is 0. The summed E-state index contributed by atoms with van der Waals surface area (Å²) in [7, 11) is 1.87. The molecule has 0 aliphatic rings. The minimum absolute atomic E-state index is 0.188. The van der Waals surface area contributed by atoms with Crippen LogP contribution in [0.2, 0.25) is 0 Å². The van der Waals surface area contributed by atoms with Crippen LogP contribution in [0.3, 0.4) is 0 Å². The molecule has 0 rings (SSSR count). The predicted molar refractivity (Wildman–Crippen MR) is 69.1 cm³/mol. The van der Waals surface area contributed by atoms with Crippen molar-refractivity contribution in [3.8, 4) is 0 Å². The monoisotopic (exact) mass is 228 g/mol. The Balaban J connectivity index is 4.25. The molecule has 0 aliphatic carbocycles. The van der Waals surface area contributed by atoms with Crippen LogP contribution in [0.15, 0.2) is 0 Å². The van der Waals surface area contributed by atoms with E-state index in [2.05, 4.69) is 27.7 Å². The number of rotatable bonds is 5. The largest absolute Gasteiger partial charge is 0.343 e. The average molecular weight is 228 g/mol. The zero-order chi connectivity index (χ0) is 12.9. The Morgan fingerprint density at radius 3 is 2.19 bits per heavy atom. The van der Waals surface area contributed by atoms with E-state index in [9.17, 15) is 4.79 Å². The average Bonchev–Trinajstić information content (AvgIpc) is 2.15. The summed E-state index contributed by atoms with van der Waals surface area (Å²) in [6.07, 6.45) is 1.49. The van der Waals surface area contributed by atoms with Crippen molar-refractivity contribution in [2.75, 3.05) is 13.6 Å². The van der Waals surface area contributed by atoms with Gasteiger partial charge < -0.3 is 10.6 Å². The number of amides is 1. The fourth-order valence-corrected chi connectivity index (χ4v) is 1.39. The minimum atomic E-state index is 0.188. The van der Waals surface area contributed by atoms with Crippen LogP contribution in [0.1, 0.15) is 47.5 Å². The molecule has 3 heteroatoms. The molecule has 0 aliphatic heterocycles. The van der Waals surface area contributed by atoms with Crippen molar-refractivity contribution < 1.29 is 4.79 Å². The highest BCUT2D eigenvalue weighted by molar-refractivity contribution is 5.76. The Hall–Kier alpha value is -0.570. The summed E-state index contributed by atoms with van der Waals surface area (Å²) in [5.74, 6) is 0.621. The summed E-state index contributed by atoms with van der Waals surface area (Å²) in [6, 6.07) is 0.240. The van der Waals surface area contributed by atoms with Crippen molar-refractivity contribution in [2.45, 2.75) is 53.5 Å². The van der Waals surface area contributed by atoms with Gasteiger partial charge in [-0.25, -0.2) is 0 Å². The number of hydrogen-bond donors (Lipinski definition) is 1. The van der Waals surface area contributed by atoms with Gasteiger partial charge in [-0.2, -0.15) is 0 Å². The number of carbonyl (C=O) groups is 1. The van der Waals surface area contributed by atoms with E-state index >= 15 is 0 Å². The van der Waals surface area contributed by atoms with Crippen LogP contribution in [0.5, 0.6) is 0 Å². The number of carbonyl (C=O) groups excluding carboxylic acids is 1. The lowest BCUT2D eigenvalue weighted by atomic mass is 9.80. The quantitative estimate of drug-likeness (QED) is 0.784. The molecule has 0 radical (unpaired) electrons. The molecule has 2 atom stereocenters. The first-order chi connectivity index (χ1) is 7.20. The molecule has 0 heterocycles. The molecule has 96 valence electrons. The lowest BCUT2D eigenvalue weighted by Crippen LogP contribution is -2.38. The number of nitrogens with two attached hydrogens (primary N) is 1. The van der Waals surface area contributed by atoms with Crippen molar-refractivity contribution in [1.29, 1.82) is 0 Å². The molecule has 0 aromatic carbocycles. The van der Waals surface area contributed by atoms with Crippen molar-refractivity contribution in [3.63, 3.8) is 0 Å². The molecule has 0 saturated heterocycles. The fourth-order valence-electron chi connectivity index (χ4n) is 1.39. The van der Waals surface area contributed by atoms with E-state index in [1.807, 2.05) is 18.9 Å². The maximum absolute atomic E-state index is 12.0. The predicted octanol–water partition coefficient (Wildman–Crippen LogP) is 2.25. The molecule has 16 heavy (non-hydrogen) atoms. The van der Waals surface area contributed by atoms with E-state index in [1.165, 1.54) is 0 Å². The van der Waals surface area contributed by atoms with E-state index < -0.39 is 0 Å². The Morgan fingerprint density at radius 1 is 1.31 bits per heavy atom. The summed E-state index contributed by atoms with van der Waals surface area (Å²) < 4.78 is 0. The molecule has 2 unspecified atom stereocenters. The van der Waals surface area contributed by atoms with Gasteiger partial charge in [0.15, 0.2) is 0 Å². The van der Waals surface area contributed by atoms with Gasteiger partial charge in [-0.1, -0.05) is 27.7 Å². The normalized spacial score (nSPS) is 15.7. The van der Waals surface area contributed by atoms with Gasteiger partial charge >= 0.3 is 0 Å². The van der Waals surface area contributed by atoms with Crippen LogP contribution in [0.25, 0.3) is 0 Å². The van der Waals surface area contributed by atoms with Gasteiger partial charge in [-0.3, -0.25) is 4.79 Å². The summed E-state index contributed by atoms with van der Waals surface area (Å²) in [6.45, 7) is 11.3. The Bertz CT molecular complexity index is 220. The number of nitrogens with zero attached hydrogens (tertiary/aromatic N) is 1. The van der Waals surface area contributed by atoms with E-state index in [1.54, 1.807) is 0 Å². The van der Waals surface area contributed by atoms with Crippen molar-refractivity contribution in [1.82, 2.24) is 4.90 Å². The standard InChI is InChI=1S/C13H28N2O/c1-10(13(3,4)5)9-12(16)15(6)11(2)7-8-14/h10-11H,7-9,14H2,1-6H3. The van der Waals surface area contributed by atoms with Crippen molar-refractivity contribution >= 4 is 5.91 Å². The molecule has 0 fully saturated rings. The Kier molecular flexibility index (Phi) is 6.01. The molecule has 0 bridgehead atoms. The molecule has 3 nitrogen and oxygen atoms in total. The third kappa shape index (κ3) is 4.97. The first-order valence-corrected chi connectivity index (χ1v) is 6.15. The van der Waals surface area contributed by atoms with Crippen LogP contribution < -0.4 is 5.73 Å². The molecular formula is C13H28N2O. The minimum Gasteiger partial charge on any atom is -0.343 e. The van der Waals surface area contributed by atoms with Crippen LogP contribution in [-0.2, 0) is 4.79 Å². The molecule has 0 saturated carbocycles. The third-order valence-electron chi connectivity index (χ3n) is 3.60. The van der Waals surface area contributed by atoms with Gasteiger partial charge in [-0.05, 0) is 31.2 Å². The van der Waals surface area contributed by atoms with Gasteiger partial charge in [-0.15, -0.1) is 0 Å². The lowest BCUT2D eigenvalue weighted by molar-refractivity contribution is -0.133.